The molecule has 0 aliphatic carbocycles. The highest BCUT2D eigenvalue weighted by atomic mass is 127. The Labute approximate surface area is 111 Å². The van der Waals surface area contributed by atoms with Crippen molar-refractivity contribution in [2.24, 2.45) is 0 Å². The van der Waals surface area contributed by atoms with Gasteiger partial charge in [-0.15, -0.1) is 0 Å². The number of fused-ring (bicyclic) bond motifs is 3. The molecule has 2 aromatic rings. The van der Waals surface area contributed by atoms with Crippen molar-refractivity contribution in [3.05, 3.63) is 27.5 Å². The molecule has 0 unspecified atom stereocenters. The Balaban J connectivity index is 2.32. The van der Waals surface area contributed by atoms with Gasteiger partial charge in [0.1, 0.15) is 22.4 Å². The lowest BCUT2D eigenvalue weighted by molar-refractivity contribution is 0.112. The summed E-state index contributed by atoms with van der Waals surface area (Å²) in [5.41, 5.74) is 1.34. The summed E-state index contributed by atoms with van der Waals surface area (Å²) in [6.45, 7) is 1.09. The molecule has 86 valence electrons. The van der Waals surface area contributed by atoms with E-state index >= 15 is 0 Å². The number of aldehydes is 1. The van der Waals surface area contributed by atoms with Crippen molar-refractivity contribution < 1.29 is 14.3 Å². The quantitative estimate of drug-likeness (QED) is 0.454. The third kappa shape index (κ3) is 1.74. The van der Waals surface area contributed by atoms with Crippen LogP contribution in [0, 0.1) is 3.70 Å². The largest absolute Gasteiger partial charge is 0.486 e. The number of pyridine rings is 1. The van der Waals surface area contributed by atoms with Crippen molar-refractivity contribution in [3.63, 3.8) is 0 Å². The predicted octanol–water partition coefficient (Wildman–Crippen LogP) is 2.42. The smallest absolute Gasteiger partial charge is 0.187 e. The van der Waals surface area contributed by atoms with Gasteiger partial charge in [-0.1, -0.05) is 0 Å². The highest BCUT2D eigenvalue weighted by Crippen LogP contribution is 2.37. The van der Waals surface area contributed by atoms with Crippen molar-refractivity contribution in [1.82, 2.24) is 4.98 Å². The van der Waals surface area contributed by atoms with Crippen LogP contribution in [0.25, 0.3) is 10.9 Å². The minimum absolute atomic E-state index is 0.528. The Kier molecular flexibility index (Phi) is 2.62. The van der Waals surface area contributed by atoms with Crippen molar-refractivity contribution in [3.8, 4) is 11.5 Å². The maximum absolute atomic E-state index is 10.9. The lowest BCUT2D eigenvalue weighted by Crippen LogP contribution is -2.15. The molecule has 0 atom stereocenters. The fourth-order valence-electron chi connectivity index (χ4n) is 1.82. The number of carbonyl (C=O) groups is 1. The SMILES string of the molecule is O=Cc1cc2ccc3c(c2nc1I)OCCO3. The number of benzene rings is 1. The zero-order valence-electron chi connectivity index (χ0n) is 8.77. The van der Waals surface area contributed by atoms with Gasteiger partial charge in [0.2, 0.25) is 0 Å². The van der Waals surface area contributed by atoms with Crippen LogP contribution in [-0.4, -0.2) is 24.5 Å². The van der Waals surface area contributed by atoms with Gasteiger partial charge >= 0.3 is 0 Å². The predicted molar refractivity (Wildman–Crippen MR) is 70.8 cm³/mol. The normalized spacial score (nSPS) is 13.7. The van der Waals surface area contributed by atoms with Crippen molar-refractivity contribution in [1.29, 1.82) is 0 Å². The summed E-state index contributed by atoms with van der Waals surface area (Å²) in [5.74, 6) is 1.38. The second-order valence-corrected chi connectivity index (χ2v) is 4.67. The topological polar surface area (TPSA) is 48.4 Å². The zero-order valence-corrected chi connectivity index (χ0v) is 10.9. The summed E-state index contributed by atoms with van der Waals surface area (Å²) >= 11 is 2.04. The molecule has 0 fully saturated rings. The minimum atomic E-state index is 0.528. The Morgan fingerprint density at radius 3 is 2.94 bits per heavy atom. The van der Waals surface area contributed by atoms with Crippen LogP contribution in [0.15, 0.2) is 18.2 Å². The highest BCUT2D eigenvalue weighted by Gasteiger charge is 2.17. The van der Waals surface area contributed by atoms with Gasteiger partial charge in [-0.05, 0) is 40.8 Å². The number of hydrogen-bond donors (Lipinski definition) is 0. The van der Waals surface area contributed by atoms with E-state index in [0.717, 1.165) is 17.2 Å². The second-order valence-electron chi connectivity index (χ2n) is 3.65. The summed E-state index contributed by atoms with van der Waals surface area (Å²) in [4.78, 5) is 15.3. The lowest BCUT2D eigenvalue weighted by atomic mass is 10.1. The molecular weight excluding hydrogens is 333 g/mol. The molecule has 0 spiro atoms. The van der Waals surface area contributed by atoms with Gasteiger partial charge in [0, 0.05) is 10.9 Å². The molecule has 5 heteroatoms. The lowest BCUT2D eigenvalue weighted by Gasteiger charge is -2.19. The molecule has 2 heterocycles. The molecule has 0 amide bonds. The molecule has 0 radical (unpaired) electrons. The number of aromatic nitrogens is 1. The molecule has 0 saturated heterocycles. The van der Waals surface area contributed by atoms with Crippen LogP contribution in [-0.2, 0) is 0 Å². The van der Waals surface area contributed by atoms with Gasteiger partial charge in [-0.3, -0.25) is 4.79 Å². The van der Waals surface area contributed by atoms with Crippen LogP contribution < -0.4 is 9.47 Å². The first-order valence-electron chi connectivity index (χ1n) is 5.13. The van der Waals surface area contributed by atoms with Crippen molar-refractivity contribution in [2.75, 3.05) is 13.2 Å². The summed E-state index contributed by atoms with van der Waals surface area (Å²) in [7, 11) is 0. The Morgan fingerprint density at radius 1 is 1.29 bits per heavy atom. The summed E-state index contributed by atoms with van der Waals surface area (Å²) in [6.07, 6.45) is 0.811. The van der Waals surface area contributed by atoms with E-state index in [-0.39, 0.29) is 0 Å². The van der Waals surface area contributed by atoms with Gasteiger partial charge in [-0.25, -0.2) is 4.98 Å². The van der Waals surface area contributed by atoms with Crippen LogP contribution in [0.2, 0.25) is 0 Å². The van der Waals surface area contributed by atoms with Gasteiger partial charge in [0.05, 0.1) is 0 Å². The average Bonchev–Trinajstić information content (AvgIpc) is 2.38. The van der Waals surface area contributed by atoms with Crippen LogP contribution in [0.5, 0.6) is 11.5 Å². The summed E-state index contributed by atoms with van der Waals surface area (Å²) < 4.78 is 11.8. The molecular formula is C12H8INO3. The van der Waals surface area contributed by atoms with Crippen LogP contribution >= 0.6 is 22.6 Å². The van der Waals surface area contributed by atoms with Gasteiger partial charge in [-0.2, -0.15) is 0 Å². The molecule has 4 nitrogen and oxygen atoms in total. The average molecular weight is 341 g/mol. The molecule has 0 N–H and O–H groups in total. The van der Waals surface area contributed by atoms with E-state index in [9.17, 15) is 4.79 Å². The fraction of sp³-hybridized carbons (Fsp3) is 0.167. The van der Waals surface area contributed by atoms with Gasteiger partial charge in [0.25, 0.3) is 0 Å². The van der Waals surface area contributed by atoms with Gasteiger partial charge < -0.3 is 9.47 Å². The monoisotopic (exact) mass is 341 g/mol. The summed E-state index contributed by atoms with van der Waals surface area (Å²) in [5, 5.41) is 0.886. The Morgan fingerprint density at radius 2 is 2.12 bits per heavy atom. The third-order valence-corrected chi connectivity index (χ3v) is 3.46. The van der Waals surface area contributed by atoms with Gasteiger partial charge in [0.15, 0.2) is 17.8 Å². The minimum Gasteiger partial charge on any atom is -0.486 e. The van der Waals surface area contributed by atoms with E-state index in [1.807, 2.05) is 40.8 Å². The zero-order chi connectivity index (χ0) is 11.8. The Hall–Kier alpha value is -1.37. The standard InChI is InChI=1S/C12H8INO3/c13-12-8(6-15)5-7-1-2-9-11(10(7)14-12)17-4-3-16-9/h1-2,5-6H,3-4H2. The number of ether oxygens (including phenoxy) is 2. The third-order valence-electron chi connectivity index (χ3n) is 2.60. The Bertz CT molecular complexity index is 612. The second kappa shape index (κ2) is 4.14. The number of rotatable bonds is 1. The summed E-state index contributed by atoms with van der Waals surface area (Å²) in [6, 6.07) is 5.55. The van der Waals surface area contributed by atoms with E-state index in [2.05, 4.69) is 4.98 Å². The maximum atomic E-state index is 10.9. The van der Waals surface area contributed by atoms with E-state index in [1.165, 1.54) is 0 Å². The van der Waals surface area contributed by atoms with Crippen LogP contribution in [0.3, 0.4) is 0 Å². The first kappa shape index (κ1) is 10.8. The van der Waals surface area contributed by atoms with E-state index < -0.39 is 0 Å². The number of halogens is 1. The number of hydrogen-bond acceptors (Lipinski definition) is 4. The van der Waals surface area contributed by atoms with E-state index in [0.29, 0.717) is 34.0 Å². The molecule has 1 aromatic carbocycles. The fourth-order valence-corrected chi connectivity index (χ4v) is 2.34. The number of nitrogens with zero attached hydrogens (tertiary/aromatic N) is 1. The molecule has 1 aromatic heterocycles. The molecule has 17 heavy (non-hydrogen) atoms. The highest BCUT2D eigenvalue weighted by molar-refractivity contribution is 14.1. The first-order chi connectivity index (χ1) is 8.29. The van der Waals surface area contributed by atoms with Crippen LogP contribution in [0.4, 0.5) is 0 Å². The molecule has 0 bridgehead atoms. The first-order valence-corrected chi connectivity index (χ1v) is 6.21. The van der Waals surface area contributed by atoms with Crippen molar-refractivity contribution in [2.45, 2.75) is 0 Å². The van der Waals surface area contributed by atoms with E-state index in [4.69, 9.17) is 9.47 Å². The molecule has 0 saturated carbocycles. The molecule has 3 rings (SSSR count). The maximum Gasteiger partial charge on any atom is 0.187 e. The van der Waals surface area contributed by atoms with Crippen LogP contribution in [0.1, 0.15) is 10.4 Å². The number of carbonyl (C=O) groups excluding carboxylic acids is 1. The molecule has 1 aliphatic rings. The van der Waals surface area contributed by atoms with Crippen molar-refractivity contribution >= 4 is 39.8 Å². The molecule has 1 aliphatic heterocycles. The van der Waals surface area contributed by atoms with E-state index in [1.54, 1.807) is 0 Å².